The number of nitrogens with zero attached hydrogens (tertiary/aromatic N) is 2. The van der Waals surface area contributed by atoms with E-state index in [0.717, 1.165) is 16.5 Å². The largest absolute Gasteiger partial charge is 0.497 e. The van der Waals surface area contributed by atoms with Crippen LogP contribution < -0.4 is 4.74 Å². The number of rotatable bonds is 2. The lowest BCUT2D eigenvalue weighted by atomic mass is 10.2. The van der Waals surface area contributed by atoms with Gasteiger partial charge in [0.05, 0.1) is 24.1 Å². The van der Waals surface area contributed by atoms with Gasteiger partial charge in [-0.25, -0.2) is 13.3 Å². The van der Waals surface area contributed by atoms with Crippen LogP contribution in [0.4, 0.5) is 5.69 Å². The minimum atomic E-state index is -3.61. The lowest BCUT2D eigenvalue weighted by Gasteiger charge is -1.99. The van der Waals surface area contributed by atoms with Crippen LogP contribution in [0.1, 0.15) is 5.56 Å². The Balaban J connectivity index is 0.000000180. The summed E-state index contributed by atoms with van der Waals surface area (Å²) in [6.45, 7) is 6.98. The summed E-state index contributed by atoms with van der Waals surface area (Å²) in [7, 11) is 2.98. The number of hydrogen-bond acceptors (Lipinski definition) is 4. The maximum absolute atomic E-state index is 10.8. The molecule has 0 spiro atoms. The van der Waals surface area contributed by atoms with Crippen LogP contribution in [0.2, 0.25) is 5.02 Å². The number of halogens is 2. The summed E-state index contributed by atoms with van der Waals surface area (Å²) in [5, 5.41) is 1.29. The molecule has 0 unspecified atom stereocenters. The quantitative estimate of drug-likeness (QED) is 0.175. The van der Waals surface area contributed by atoms with Crippen LogP contribution in [0.15, 0.2) is 90.0 Å². The van der Waals surface area contributed by atoms with Crippen molar-refractivity contribution in [3.63, 3.8) is 0 Å². The highest BCUT2D eigenvalue weighted by atomic mass is 35.7. The molecule has 5 nitrogen and oxygen atoms in total. The molecular weight excluding hydrogens is 479 g/mol. The van der Waals surface area contributed by atoms with Gasteiger partial charge in [0.2, 0.25) is 5.69 Å². The maximum atomic E-state index is 10.8. The van der Waals surface area contributed by atoms with E-state index in [9.17, 15) is 8.42 Å². The lowest BCUT2D eigenvalue weighted by Crippen LogP contribution is -1.90. The van der Waals surface area contributed by atoms with Crippen molar-refractivity contribution >= 4 is 47.9 Å². The number of pyridine rings is 1. The fourth-order valence-corrected chi connectivity index (χ4v) is 3.47. The van der Waals surface area contributed by atoms with E-state index < -0.39 is 9.05 Å². The van der Waals surface area contributed by atoms with Crippen LogP contribution in [-0.4, -0.2) is 20.5 Å². The number of methoxy groups -OCH3 is 1. The van der Waals surface area contributed by atoms with Gasteiger partial charge < -0.3 is 4.74 Å². The molecule has 0 bridgehead atoms. The van der Waals surface area contributed by atoms with Gasteiger partial charge in [-0.2, -0.15) is 0 Å². The number of hydrogen-bond donors (Lipinski definition) is 0. The monoisotopic (exact) mass is 496 g/mol. The molecule has 33 heavy (non-hydrogen) atoms. The molecule has 8 heteroatoms. The molecule has 0 aliphatic carbocycles. The molecule has 4 aromatic rings. The Kier molecular flexibility index (Phi) is 9.72. The van der Waals surface area contributed by atoms with E-state index >= 15 is 0 Å². The minimum absolute atomic E-state index is 0.0740. The molecule has 166 valence electrons. The maximum Gasteiger partial charge on any atom is 0.261 e. The van der Waals surface area contributed by atoms with Crippen molar-refractivity contribution < 1.29 is 13.2 Å². The summed E-state index contributed by atoms with van der Waals surface area (Å²) in [5.41, 5.74) is 2.22. The third kappa shape index (κ3) is 7.82. The summed E-state index contributed by atoms with van der Waals surface area (Å²) in [4.78, 5) is 7.58. The number of aromatic nitrogens is 1. The van der Waals surface area contributed by atoms with Gasteiger partial charge in [-0.15, -0.1) is 6.42 Å². The molecule has 1 aromatic heterocycles. The van der Waals surface area contributed by atoms with Crippen LogP contribution >= 0.6 is 22.3 Å². The molecule has 0 saturated heterocycles. The molecule has 0 fully saturated rings. The summed E-state index contributed by atoms with van der Waals surface area (Å²) in [6.07, 6.45) is 6.80. The first kappa shape index (κ1) is 25.7. The summed E-state index contributed by atoms with van der Waals surface area (Å²) in [5.74, 6) is 3.12. The average Bonchev–Trinajstić information content (AvgIpc) is 2.85. The summed E-state index contributed by atoms with van der Waals surface area (Å²) in [6, 6.07) is 22.6. The van der Waals surface area contributed by atoms with Gasteiger partial charge in [0, 0.05) is 32.9 Å². The van der Waals surface area contributed by atoms with Gasteiger partial charge in [-0.3, -0.25) is 4.98 Å². The zero-order valence-corrected chi connectivity index (χ0v) is 19.8. The number of fused-ring (bicyclic) bond motifs is 1. The highest BCUT2D eigenvalue weighted by molar-refractivity contribution is 8.13. The smallest absolute Gasteiger partial charge is 0.261 e. The molecule has 3 aromatic carbocycles. The highest BCUT2D eigenvalue weighted by Crippen LogP contribution is 2.32. The molecule has 0 atom stereocenters. The minimum Gasteiger partial charge on any atom is -0.497 e. The van der Waals surface area contributed by atoms with Gasteiger partial charge in [0.25, 0.3) is 9.05 Å². The zero-order chi connectivity index (χ0) is 24.3. The predicted octanol–water partition coefficient (Wildman–Crippen LogP) is 6.73. The van der Waals surface area contributed by atoms with Crippen LogP contribution in [0.25, 0.3) is 15.7 Å². The van der Waals surface area contributed by atoms with E-state index in [1.807, 2.05) is 42.5 Å². The SMILES string of the molecule is C#Cc1ccccc1.COc1ccc(S(=O)(=O)Cl)cc1.[C-]#[N+]c1c(Cl)ccc2ncccc12. The average molecular weight is 497 g/mol. The second-order valence-corrected chi connectivity index (χ2v) is 9.17. The molecule has 0 amide bonds. The second-order valence-electron chi connectivity index (χ2n) is 6.20. The molecule has 1 heterocycles. The fraction of sp³-hybridized carbons (Fsp3) is 0.0400. The Bertz CT molecular complexity index is 1390. The Morgan fingerprint density at radius 2 is 1.67 bits per heavy atom. The number of benzene rings is 3. The molecule has 4 rings (SSSR count). The van der Waals surface area contributed by atoms with Crippen molar-refractivity contribution in [2.45, 2.75) is 4.90 Å². The number of terminal acetylenes is 1. The van der Waals surface area contributed by atoms with Crippen molar-refractivity contribution in [3.05, 3.63) is 107 Å². The van der Waals surface area contributed by atoms with Gasteiger partial charge in [-0.05, 0) is 48.5 Å². The molecule has 0 N–H and O–H groups in total. The summed E-state index contributed by atoms with van der Waals surface area (Å²) < 4.78 is 26.4. The van der Waals surface area contributed by atoms with Crippen molar-refractivity contribution in [1.29, 1.82) is 0 Å². The van der Waals surface area contributed by atoms with E-state index in [0.29, 0.717) is 16.5 Å². The summed E-state index contributed by atoms with van der Waals surface area (Å²) >= 11 is 5.86. The van der Waals surface area contributed by atoms with Crippen molar-refractivity contribution in [3.8, 4) is 18.1 Å². The highest BCUT2D eigenvalue weighted by Gasteiger charge is 2.08. The molecule has 0 aliphatic rings. The first-order chi connectivity index (χ1) is 15.8. The molecule has 0 radical (unpaired) electrons. The molecular formula is C25H18Cl2N2O3S. The standard InChI is InChI=1S/C10H5ClN2.C8H6.C7H7ClO3S/c1-12-10-7-3-2-6-13-9(7)5-4-8(10)11;1-2-8-6-4-3-5-7-8;1-11-6-2-4-7(5-3-6)12(8,9)10/h2-6H;1,3-7H;2-5H,1H3. The first-order valence-electron chi connectivity index (χ1n) is 9.31. The van der Waals surface area contributed by atoms with E-state index in [1.54, 1.807) is 18.3 Å². The van der Waals surface area contributed by atoms with Crippen LogP contribution in [0.5, 0.6) is 5.75 Å². The Hall–Kier alpha value is -3.55. The van der Waals surface area contributed by atoms with E-state index in [-0.39, 0.29) is 4.90 Å². The second kappa shape index (κ2) is 12.5. The Morgan fingerprint density at radius 3 is 2.18 bits per heavy atom. The topological polar surface area (TPSA) is 60.6 Å². The lowest BCUT2D eigenvalue weighted by molar-refractivity contribution is 0.414. The van der Waals surface area contributed by atoms with E-state index in [2.05, 4.69) is 15.7 Å². The Labute approximate surface area is 202 Å². The van der Waals surface area contributed by atoms with Crippen LogP contribution in [-0.2, 0) is 9.05 Å². The zero-order valence-electron chi connectivity index (χ0n) is 17.4. The van der Waals surface area contributed by atoms with Crippen LogP contribution in [0.3, 0.4) is 0 Å². The normalized spacial score (nSPS) is 9.85. The van der Waals surface area contributed by atoms with Crippen LogP contribution in [0, 0.1) is 18.9 Å². The Morgan fingerprint density at radius 1 is 1.00 bits per heavy atom. The van der Waals surface area contributed by atoms with E-state index in [4.69, 9.17) is 40.0 Å². The fourth-order valence-electron chi connectivity index (χ4n) is 2.50. The third-order valence-corrected chi connectivity index (χ3v) is 5.78. The van der Waals surface area contributed by atoms with E-state index in [1.165, 1.54) is 31.4 Å². The predicted molar refractivity (Wildman–Crippen MR) is 133 cm³/mol. The molecule has 0 saturated carbocycles. The third-order valence-electron chi connectivity index (χ3n) is 4.10. The number of ether oxygens (including phenoxy) is 1. The van der Waals surface area contributed by atoms with Gasteiger partial charge in [0.1, 0.15) is 5.75 Å². The van der Waals surface area contributed by atoms with Crippen molar-refractivity contribution in [2.75, 3.05) is 7.11 Å². The first-order valence-corrected chi connectivity index (χ1v) is 12.0. The van der Waals surface area contributed by atoms with Gasteiger partial charge in [-0.1, -0.05) is 47.9 Å². The van der Waals surface area contributed by atoms with Gasteiger partial charge >= 0.3 is 0 Å². The molecule has 0 aliphatic heterocycles. The van der Waals surface area contributed by atoms with Crippen molar-refractivity contribution in [2.24, 2.45) is 0 Å². The van der Waals surface area contributed by atoms with Crippen molar-refractivity contribution in [1.82, 2.24) is 4.98 Å². The van der Waals surface area contributed by atoms with Gasteiger partial charge in [0.15, 0.2) is 0 Å².